The van der Waals surface area contributed by atoms with Gasteiger partial charge in [0.25, 0.3) is 5.78 Å². The molecule has 5 heteroatoms. The number of nitrogens with two attached hydrogens (primary N) is 1. The number of Topliss-reactive ketones (excluding diaryl/α,β-unsaturated/α-hetero) is 1. The summed E-state index contributed by atoms with van der Waals surface area (Å²) in [6, 6.07) is -0.893. The van der Waals surface area contributed by atoms with E-state index in [-0.39, 0.29) is 0 Å². The van der Waals surface area contributed by atoms with Crippen LogP contribution in [0.4, 0.5) is 0 Å². The summed E-state index contributed by atoms with van der Waals surface area (Å²) in [6.45, 7) is 4.36. The third-order valence-electron chi connectivity index (χ3n) is 2.88. The lowest BCUT2D eigenvalue weighted by molar-refractivity contribution is -0.149. The van der Waals surface area contributed by atoms with Crippen LogP contribution >= 0.6 is 0 Å². The van der Waals surface area contributed by atoms with Crippen molar-refractivity contribution in [3.63, 3.8) is 0 Å². The summed E-state index contributed by atoms with van der Waals surface area (Å²) in [5, 5.41) is 8.48. The number of likely N-dealkylation sites (tertiary alicyclic amines) is 1. The normalized spacial score (nSPS) is 21.2. The van der Waals surface area contributed by atoms with Crippen molar-refractivity contribution in [1.82, 2.24) is 4.90 Å². The Morgan fingerprint density at radius 3 is 2.47 bits per heavy atom. The van der Waals surface area contributed by atoms with Crippen LogP contribution in [0.1, 0.15) is 19.8 Å². The molecule has 0 saturated carbocycles. The number of carboxylic acid groups (broad SMARTS) is 1. The lowest BCUT2D eigenvalue weighted by Crippen LogP contribution is -2.47. The van der Waals surface area contributed by atoms with Crippen LogP contribution in [0.3, 0.4) is 0 Å². The first-order valence-corrected chi connectivity index (χ1v) is 5.25. The molecule has 1 rings (SSSR count). The molecule has 1 fully saturated rings. The molecule has 0 radical (unpaired) electrons. The van der Waals surface area contributed by atoms with E-state index < -0.39 is 17.8 Å². The van der Waals surface area contributed by atoms with Gasteiger partial charge in [0.2, 0.25) is 0 Å². The average molecular weight is 214 g/mol. The number of rotatable bonds is 4. The Morgan fingerprint density at radius 2 is 2.00 bits per heavy atom. The van der Waals surface area contributed by atoms with Gasteiger partial charge in [-0.25, -0.2) is 4.79 Å². The van der Waals surface area contributed by atoms with Crippen LogP contribution in [0.2, 0.25) is 0 Å². The monoisotopic (exact) mass is 214 g/mol. The van der Waals surface area contributed by atoms with E-state index in [0.29, 0.717) is 12.5 Å². The molecule has 0 amide bonds. The Kier molecular flexibility index (Phi) is 4.23. The molecule has 0 aromatic rings. The molecule has 0 bridgehead atoms. The first-order chi connectivity index (χ1) is 7.00. The van der Waals surface area contributed by atoms with Gasteiger partial charge >= 0.3 is 5.97 Å². The Balaban J connectivity index is 2.35. The van der Waals surface area contributed by atoms with Crippen molar-refractivity contribution < 1.29 is 14.7 Å². The number of ketones is 1. The number of nitrogens with zero attached hydrogens (tertiary/aromatic N) is 1. The molecule has 0 aromatic heterocycles. The van der Waals surface area contributed by atoms with Crippen LogP contribution in [-0.4, -0.2) is 47.4 Å². The fraction of sp³-hybridized carbons (Fsp3) is 0.800. The Bertz CT molecular complexity index is 247. The van der Waals surface area contributed by atoms with Crippen LogP contribution in [0.25, 0.3) is 0 Å². The van der Waals surface area contributed by atoms with Crippen molar-refractivity contribution in [2.45, 2.75) is 25.8 Å². The van der Waals surface area contributed by atoms with Gasteiger partial charge in [-0.15, -0.1) is 0 Å². The first-order valence-electron chi connectivity index (χ1n) is 5.25. The SMILES string of the molecule is CC1CCN(C[C@H](N)C(=O)C(=O)O)CC1. The van der Waals surface area contributed by atoms with E-state index in [9.17, 15) is 9.59 Å². The highest BCUT2D eigenvalue weighted by atomic mass is 16.4. The second-order valence-electron chi connectivity index (χ2n) is 4.26. The van der Waals surface area contributed by atoms with Gasteiger partial charge in [0, 0.05) is 6.54 Å². The molecule has 5 nitrogen and oxygen atoms in total. The maximum atomic E-state index is 11.0. The van der Waals surface area contributed by atoms with Gasteiger partial charge in [0.05, 0.1) is 6.04 Å². The third kappa shape index (κ3) is 3.60. The van der Waals surface area contributed by atoms with Crippen LogP contribution in [0.15, 0.2) is 0 Å². The zero-order valence-corrected chi connectivity index (χ0v) is 8.98. The van der Waals surface area contributed by atoms with E-state index in [2.05, 4.69) is 11.8 Å². The third-order valence-corrected chi connectivity index (χ3v) is 2.88. The molecule has 0 aliphatic carbocycles. The zero-order chi connectivity index (χ0) is 11.4. The summed E-state index contributed by atoms with van der Waals surface area (Å²) < 4.78 is 0. The molecule has 15 heavy (non-hydrogen) atoms. The van der Waals surface area contributed by atoms with Gasteiger partial charge in [0.1, 0.15) is 0 Å². The second kappa shape index (κ2) is 5.23. The summed E-state index contributed by atoms with van der Waals surface area (Å²) in [4.78, 5) is 23.5. The van der Waals surface area contributed by atoms with Crippen molar-refractivity contribution in [1.29, 1.82) is 0 Å². The highest BCUT2D eigenvalue weighted by Gasteiger charge is 2.25. The van der Waals surface area contributed by atoms with Gasteiger partial charge in [-0.1, -0.05) is 6.92 Å². The number of carbonyl (C=O) groups excluding carboxylic acids is 1. The number of carbonyl (C=O) groups is 2. The van der Waals surface area contributed by atoms with Gasteiger partial charge in [-0.05, 0) is 31.8 Å². The molecule has 0 aromatic carbocycles. The minimum absolute atomic E-state index is 0.359. The van der Waals surface area contributed by atoms with Crippen molar-refractivity contribution in [2.75, 3.05) is 19.6 Å². The maximum absolute atomic E-state index is 11.0. The summed E-state index contributed by atoms with van der Waals surface area (Å²) in [5.41, 5.74) is 5.51. The number of hydrogen-bond donors (Lipinski definition) is 2. The first kappa shape index (κ1) is 12.1. The smallest absolute Gasteiger partial charge is 0.373 e. The zero-order valence-electron chi connectivity index (χ0n) is 8.98. The molecule has 1 heterocycles. The number of hydrogen-bond acceptors (Lipinski definition) is 4. The number of piperidine rings is 1. The van der Waals surface area contributed by atoms with Crippen LogP contribution in [0.5, 0.6) is 0 Å². The molecule has 0 spiro atoms. The molecule has 3 N–H and O–H groups in total. The number of carboxylic acids is 1. The number of aliphatic carboxylic acids is 1. The molecule has 86 valence electrons. The van der Waals surface area contributed by atoms with Crippen molar-refractivity contribution in [3.8, 4) is 0 Å². The predicted molar refractivity (Wildman–Crippen MR) is 55.5 cm³/mol. The summed E-state index contributed by atoms with van der Waals surface area (Å²) in [6.07, 6.45) is 2.18. The standard InChI is InChI=1S/C10H18N2O3/c1-7-2-4-12(5-3-7)6-8(11)9(13)10(14)15/h7-8H,2-6,11H2,1H3,(H,14,15)/t8-/m0/s1. The highest BCUT2D eigenvalue weighted by molar-refractivity contribution is 6.34. The fourth-order valence-corrected chi connectivity index (χ4v) is 1.76. The Labute approximate surface area is 89.2 Å². The lowest BCUT2D eigenvalue weighted by atomic mass is 9.98. The van der Waals surface area contributed by atoms with Crippen LogP contribution in [0, 0.1) is 5.92 Å². The molecule has 1 aliphatic rings. The minimum Gasteiger partial charge on any atom is -0.475 e. The van der Waals surface area contributed by atoms with E-state index in [1.165, 1.54) is 0 Å². The van der Waals surface area contributed by atoms with Gasteiger partial charge in [-0.3, -0.25) is 4.79 Å². The molecule has 1 atom stereocenters. The quantitative estimate of drug-likeness (QED) is 0.628. The maximum Gasteiger partial charge on any atom is 0.373 e. The van der Waals surface area contributed by atoms with Gasteiger partial charge < -0.3 is 15.7 Å². The molecule has 1 aliphatic heterocycles. The largest absolute Gasteiger partial charge is 0.475 e. The molecular formula is C10H18N2O3. The van der Waals surface area contributed by atoms with Crippen LogP contribution < -0.4 is 5.73 Å². The Hall–Kier alpha value is -0.940. The second-order valence-corrected chi connectivity index (χ2v) is 4.26. The lowest BCUT2D eigenvalue weighted by Gasteiger charge is -2.31. The molecule has 0 unspecified atom stereocenters. The summed E-state index contributed by atoms with van der Waals surface area (Å²) in [7, 11) is 0. The van der Waals surface area contributed by atoms with E-state index in [4.69, 9.17) is 10.8 Å². The Morgan fingerprint density at radius 1 is 1.47 bits per heavy atom. The average Bonchev–Trinajstić information content (AvgIpc) is 2.20. The highest BCUT2D eigenvalue weighted by Crippen LogP contribution is 2.15. The molecular weight excluding hydrogens is 196 g/mol. The van der Waals surface area contributed by atoms with Crippen molar-refractivity contribution >= 4 is 11.8 Å². The fourth-order valence-electron chi connectivity index (χ4n) is 1.76. The predicted octanol–water partition coefficient (Wildman–Crippen LogP) is -0.301. The minimum atomic E-state index is -1.44. The van der Waals surface area contributed by atoms with E-state index in [1.54, 1.807) is 0 Å². The van der Waals surface area contributed by atoms with E-state index >= 15 is 0 Å². The van der Waals surface area contributed by atoms with Gasteiger partial charge in [-0.2, -0.15) is 0 Å². The van der Waals surface area contributed by atoms with Crippen molar-refractivity contribution in [2.24, 2.45) is 11.7 Å². The van der Waals surface area contributed by atoms with E-state index in [0.717, 1.165) is 25.9 Å². The van der Waals surface area contributed by atoms with E-state index in [1.807, 2.05) is 0 Å². The topological polar surface area (TPSA) is 83.6 Å². The van der Waals surface area contributed by atoms with Gasteiger partial charge in [0.15, 0.2) is 0 Å². The van der Waals surface area contributed by atoms with Crippen molar-refractivity contribution in [3.05, 3.63) is 0 Å². The summed E-state index contributed by atoms with van der Waals surface area (Å²) >= 11 is 0. The van der Waals surface area contributed by atoms with Crippen LogP contribution in [-0.2, 0) is 9.59 Å². The molecule has 1 saturated heterocycles. The summed E-state index contributed by atoms with van der Waals surface area (Å²) in [5.74, 6) is -1.62.